The van der Waals surface area contributed by atoms with E-state index in [0.717, 1.165) is 5.56 Å². The Bertz CT molecular complexity index is 1540. The fraction of sp³-hybridized carbons (Fsp3) is 0.148. The predicted octanol–water partition coefficient (Wildman–Crippen LogP) is 4.70. The Hall–Kier alpha value is -3.53. The summed E-state index contributed by atoms with van der Waals surface area (Å²) in [6.45, 7) is 1.80. The average molecular weight is 543 g/mol. The van der Waals surface area contributed by atoms with Crippen LogP contribution in [-0.2, 0) is 10.0 Å². The zero-order chi connectivity index (χ0) is 25.4. The van der Waals surface area contributed by atoms with Gasteiger partial charge in [0.2, 0.25) is 10.0 Å². The molecule has 0 saturated carbocycles. The Morgan fingerprint density at radius 1 is 0.973 bits per heavy atom. The summed E-state index contributed by atoms with van der Waals surface area (Å²) in [5.41, 5.74) is 9.12. The summed E-state index contributed by atoms with van der Waals surface area (Å²) in [7, 11) is -3.93. The van der Waals surface area contributed by atoms with Crippen molar-refractivity contribution in [2.75, 3.05) is 13.1 Å². The normalized spacial score (nSPS) is 19.1. The van der Waals surface area contributed by atoms with E-state index in [-0.39, 0.29) is 41.9 Å². The standard InChI is InChI=1S/C27H24F2N4O2S.ClH/c1-17-10-12-20(13-11-17)36(34,35)33-15-19(14-18-6-2-4-8-23(18)28)25-22(16-33)26(32-27(30)31-25)21-7-3-5-9-24(21)29;/h2-14,26H,15-16H2,1H3,(H3,30,31,32);1H/b19-14+;. The fourth-order valence-corrected chi connectivity index (χ4v) is 5.84. The van der Waals surface area contributed by atoms with Gasteiger partial charge >= 0.3 is 0 Å². The minimum Gasteiger partial charge on any atom is -0.370 e. The van der Waals surface area contributed by atoms with Crippen LogP contribution in [0.1, 0.15) is 22.7 Å². The van der Waals surface area contributed by atoms with Crippen LogP contribution in [0.25, 0.3) is 6.08 Å². The summed E-state index contributed by atoms with van der Waals surface area (Å²) >= 11 is 0. The highest BCUT2D eigenvalue weighted by atomic mass is 35.5. The molecule has 0 bridgehead atoms. The molecule has 37 heavy (non-hydrogen) atoms. The first-order valence-corrected chi connectivity index (χ1v) is 12.8. The smallest absolute Gasteiger partial charge is 0.243 e. The van der Waals surface area contributed by atoms with Gasteiger partial charge in [0, 0.05) is 29.9 Å². The molecule has 0 aromatic heterocycles. The molecule has 0 spiro atoms. The van der Waals surface area contributed by atoms with Crippen LogP contribution in [0.5, 0.6) is 0 Å². The molecular formula is C27H25ClF2N4O2S. The van der Waals surface area contributed by atoms with Crippen molar-refractivity contribution in [2.45, 2.75) is 17.9 Å². The molecule has 0 saturated heterocycles. The molecule has 192 valence electrons. The first-order valence-electron chi connectivity index (χ1n) is 11.3. The Labute approximate surface area is 220 Å². The van der Waals surface area contributed by atoms with E-state index in [1.807, 2.05) is 6.92 Å². The molecule has 2 aliphatic rings. The summed E-state index contributed by atoms with van der Waals surface area (Å²) < 4.78 is 58.0. The SMILES string of the molecule is Cc1ccc(S(=O)(=O)N2CC3=C(NC(N)=NC3c3ccccc3F)/C(=C/c3ccccc3F)C2)cc1.Cl. The van der Waals surface area contributed by atoms with E-state index in [1.54, 1.807) is 66.7 Å². The van der Waals surface area contributed by atoms with Gasteiger partial charge in [-0.05, 0) is 48.4 Å². The number of hydrogen-bond donors (Lipinski definition) is 2. The van der Waals surface area contributed by atoms with Gasteiger partial charge in [0.25, 0.3) is 0 Å². The van der Waals surface area contributed by atoms with E-state index >= 15 is 0 Å². The zero-order valence-corrected chi connectivity index (χ0v) is 21.5. The molecule has 0 fully saturated rings. The molecule has 0 radical (unpaired) electrons. The van der Waals surface area contributed by atoms with Crippen LogP contribution in [-0.4, -0.2) is 31.8 Å². The molecule has 1 atom stereocenters. The number of sulfonamides is 1. The second-order valence-corrected chi connectivity index (χ2v) is 10.7. The lowest BCUT2D eigenvalue weighted by molar-refractivity contribution is 0.434. The average Bonchev–Trinajstić information content (AvgIpc) is 2.86. The highest BCUT2D eigenvalue weighted by Gasteiger charge is 2.38. The van der Waals surface area contributed by atoms with E-state index in [1.165, 1.54) is 16.4 Å². The van der Waals surface area contributed by atoms with Crippen molar-refractivity contribution in [2.24, 2.45) is 10.7 Å². The van der Waals surface area contributed by atoms with E-state index in [4.69, 9.17) is 5.73 Å². The third kappa shape index (κ3) is 5.16. The molecule has 6 nitrogen and oxygen atoms in total. The monoisotopic (exact) mass is 542 g/mol. The molecule has 1 unspecified atom stereocenters. The number of nitrogens with zero attached hydrogens (tertiary/aromatic N) is 2. The van der Waals surface area contributed by atoms with Gasteiger partial charge in [0.05, 0.1) is 4.90 Å². The van der Waals surface area contributed by atoms with Gasteiger partial charge in [-0.2, -0.15) is 4.31 Å². The van der Waals surface area contributed by atoms with Gasteiger partial charge in [-0.15, -0.1) is 12.4 Å². The van der Waals surface area contributed by atoms with Gasteiger partial charge in [-0.25, -0.2) is 22.2 Å². The molecule has 3 aromatic rings. The van der Waals surface area contributed by atoms with Gasteiger partial charge in [-0.1, -0.05) is 54.1 Å². The van der Waals surface area contributed by atoms with Crippen molar-refractivity contribution in [1.29, 1.82) is 0 Å². The molecule has 10 heteroatoms. The van der Waals surface area contributed by atoms with Gasteiger partial charge < -0.3 is 11.1 Å². The number of aryl methyl sites for hydroxylation is 1. The zero-order valence-electron chi connectivity index (χ0n) is 19.9. The topological polar surface area (TPSA) is 87.8 Å². The van der Waals surface area contributed by atoms with Crippen molar-refractivity contribution in [3.8, 4) is 0 Å². The van der Waals surface area contributed by atoms with Crippen LogP contribution < -0.4 is 11.1 Å². The maximum absolute atomic E-state index is 14.8. The minimum absolute atomic E-state index is 0. The van der Waals surface area contributed by atoms with Crippen molar-refractivity contribution >= 4 is 34.5 Å². The van der Waals surface area contributed by atoms with Crippen LogP contribution in [0.15, 0.2) is 99.5 Å². The second-order valence-electron chi connectivity index (χ2n) is 8.74. The lowest BCUT2D eigenvalue weighted by Crippen LogP contribution is -2.46. The summed E-state index contributed by atoms with van der Waals surface area (Å²) in [4.78, 5) is 4.56. The summed E-state index contributed by atoms with van der Waals surface area (Å²) in [6, 6.07) is 18.1. The Morgan fingerprint density at radius 2 is 1.62 bits per heavy atom. The number of nitrogens with one attached hydrogen (secondary N) is 1. The molecule has 2 aliphatic heterocycles. The van der Waals surface area contributed by atoms with Crippen molar-refractivity contribution < 1.29 is 17.2 Å². The number of halogens is 3. The number of rotatable bonds is 4. The van der Waals surface area contributed by atoms with Crippen molar-refractivity contribution in [3.63, 3.8) is 0 Å². The number of benzene rings is 3. The number of nitrogens with two attached hydrogens (primary N) is 1. The van der Waals surface area contributed by atoms with Crippen molar-refractivity contribution in [3.05, 3.63) is 118 Å². The third-order valence-electron chi connectivity index (χ3n) is 6.28. The van der Waals surface area contributed by atoms with E-state index in [9.17, 15) is 17.2 Å². The van der Waals surface area contributed by atoms with Crippen molar-refractivity contribution in [1.82, 2.24) is 9.62 Å². The van der Waals surface area contributed by atoms with E-state index in [0.29, 0.717) is 22.4 Å². The molecule has 5 rings (SSSR count). The van der Waals surface area contributed by atoms with Crippen LogP contribution in [0.2, 0.25) is 0 Å². The Kier molecular flexibility index (Phi) is 7.49. The molecular weight excluding hydrogens is 518 g/mol. The maximum Gasteiger partial charge on any atom is 0.243 e. The van der Waals surface area contributed by atoms with E-state index in [2.05, 4.69) is 10.3 Å². The quantitative estimate of drug-likeness (QED) is 0.500. The lowest BCUT2D eigenvalue weighted by Gasteiger charge is -2.37. The highest BCUT2D eigenvalue weighted by molar-refractivity contribution is 7.89. The Morgan fingerprint density at radius 3 is 2.30 bits per heavy atom. The van der Waals surface area contributed by atoms with Crippen LogP contribution >= 0.6 is 12.4 Å². The van der Waals surface area contributed by atoms with Gasteiger partial charge in [0.15, 0.2) is 5.96 Å². The highest BCUT2D eigenvalue weighted by Crippen LogP contribution is 2.39. The molecule has 0 aliphatic carbocycles. The number of aliphatic imine (C=N–C) groups is 1. The molecule has 2 heterocycles. The van der Waals surface area contributed by atoms with E-state index < -0.39 is 27.7 Å². The lowest BCUT2D eigenvalue weighted by atomic mass is 9.90. The summed E-state index contributed by atoms with van der Waals surface area (Å²) in [5, 5.41) is 3.02. The number of hydrogen-bond acceptors (Lipinski definition) is 5. The molecule has 3 N–H and O–H groups in total. The fourth-order valence-electron chi connectivity index (χ4n) is 4.44. The second kappa shape index (κ2) is 10.5. The molecule has 0 amide bonds. The van der Waals surface area contributed by atoms with Gasteiger partial charge in [0.1, 0.15) is 17.7 Å². The first kappa shape index (κ1) is 26.5. The summed E-state index contributed by atoms with van der Waals surface area (Å²) in [5.74, 6) is -0.865. The van der Waals surface area contributed by atoms with Crippen LogP contribution in [0.3, 0.4) is 0 Å². The third-order valence-corrected chi connectivity index (χ3v) is 8.09. The maximum atomic E-state index is 14.8. The minimum atomic E-state index is -3.93. The number of guanidine groups is 1. The summed E-state index contributed by atoms with van der Waals surface area (Å²) in [6.07, 6.45) is 1.59. The first-order chi connectivity index (χ1) is 17.2. The van der Waals surface area contributed by atoms with Crippen LogP contribution in [0, 0.1) is 18.6 Å². The van der Waals surface area contributed by atoms with Crippen LogP contribution in [0.4, 0.5) is 8.78 Å². The molecule has 3 aromatic carbocycles. The predicted molar refractivity (Wildman–Crippen MR) is 142 cm³/mol. The van der Waals surface area contributed by atoms with Gasteiger partial charge in [-0.3, -0.25) is 0 Å². The largest absolute Gasteiger partial charge is 0.370 e. The Balaban J connectivity index is 0.00000320.